The van der Waals surface area contributed by atoms with Crippen molar-refractivity contribution in [3.8, 4) is 0 Å². The molecule has 0 unspecified atom stereocenters. The molecule has 0 amide bonds. The minimum atomic E-state index is 0.399. The van der Waals surface area contributed by atoms with Crippen LogP contribution in [-0.2, 0) is 6.54 Å². The molecule has 0 fully saturated rings. The molecular weight excluding hydrogens is 278 g/mol. The fourth-order valence-electron chi connectivity index (χ4n) is 1.03. The van der Waals surface area contributed by atoms with E-state index >= 15 is 0 Å². The molecule has 84 valence electrons. The van der Waals surface area contributed by atoms with E-state index in [0.717, 1.165) is 0 Å². The van der Waals surface area contributed by atoms with Gasteiger partial charge in [0.05, 0.1) is 6.54 Å². The van der Waals surface area contributed by atoms with Gasteiger partial charge in [-0.05, 0) is 15.9 Å². The van der Waals surface area contributed by atoms with Crippen molar-refractivity contribution in [1.29, 1.82) is 0 Å². The summed E-state index contributed by atoms with van der Waals surface area (Å²) in [4.78, 5) is 11.8. The Morgan fingerprint density at radius 1 is 1.31 bits per heavy atom. The summed E-state index contributed by atoms with van der Waals surface area (Å²) in [6.45, 7) is 0.399. The number of aromatic nitrogens is 4. The number of nitrogens with two attached hydrogens (primary N) is 1. The summed E-state index contributed by atoms with van der Waals surface area (Å²) in [6.07, 6.45) is 2.65. The lowest BCUT2D eigenvalue weighted by Crippen LogP contribution is -2.11. The van der Waals surface area contributed by atoms with Gasteiger partial charge in [0, 0.05) is 0 Å². The average molecular weight is 286 g/mol. The lowest BCUT2D eigenvalue weighted by atomic mass is 10.5. The molecule has 0 bridgehead atoms. The molecule has 0 aromatic carbocycles. The van der Waals surface area contributed by atoms with Gasteiger partial charge < -0.3 is 15.3 Å². The molecule has 2 rings (SSSR count). The largest absolute Gasteiger partial charge is 0.362 e. The fourth-order valence-corrected chi connectivity index (χ4v) is 1.49. The van der Waals surface area contributed by atoms with E-state index in [-0.39, 0.29) is 0 Å². The van der Waals surface area contributed by atoms with Gasteiger partial charge in [-0.25, -0.2) is 15.8 Å². The number of nitrogens with one attached hydrogen (secondary N) is 2. The highest BCUT2D eigenvalue weighted by molar-refractivity contribution is 9.10. The number of hydrogen-bond donors (Lipinski definition) is 3. The third-order valence-electron chi connectivity index (χ3n) is 1.75. The Hall–Kier alpha value is -1.74. The van der Waals surface area contributed by atoms with Gasteiger partial charge in [0.25, 0.3) is 0 Å². The van der Waals surface area contributed by atoms with Crippen LogP contribution in [0.5, 0.6) is 0 Å². The Morgan fingerprint density at radius 2 is 2.12 bits per heavy atom. The van der Waals surface area contributed by atoms with E-state index in [4.69, 9.17) is 5.84 Å². The Balaban J connectivity index is 2.09. The average Bonchev–Trinajstić information content (AvgIpc) is 2.81. The van der Waals surface area contributed by atoms with Crippen molar-refractivity contribution in [3.63, 3.8) is 0 Å². The highest BCUT2D eigenvalue weighted by Gasteiger charge is 2.08. The molecule has 0 aliphatic carbocycles. The molecule has 2 aromatic heterocycles. The summed E-state index contributed by atoms with van der Waals surface area (Å²) >= 11 is 3.31. The van der Waals surface area contributed by atoms with Crippen LogP contribution in [-0.4, -0.2) is 20.1 Å². The first kappa shape index (κ1) is 10.8. The van der Waals surface area contributed by atoms with Crippen molar-refractivity contribution in [1.82, 2.24) is 20.1 Å². The number of nitrogen functional groups attached to an aromatic ring is 1. The first-order valence-electron chi connectivity index (χ1n) is 4.27. The molecule has 4 N–H and O–H groups in total. The molecule has 0 aliphatic rings. The third-order valence-corrected chi connectivity index (χ3v) is 2.50. The van der Waals surface area contributed by atoms with Crippen LogP contribution in [0.3, 0.4) is 0 Å². The zero-order valence-electron chi connectivity index (χ0n) is 8.01. The SMILES string of the molecule is NNc1ncnc(NCc2ncon2)c1Br. The van der Waals surface area contributed by atoms with Crippen molar-refractivity contribution >= 4 is 27.6 Å². The molecule has 16 heavy (non-hydrogen) atoms. The molecule has 2 aromatic rings. The molecule has 0 saturated heterocycles. The number of rotatable bonds is 4. The van der Waals surface area contributed by atoms with E-state index in [1.165, 1.54) is 12.7 Å². The molecule has 0 atom stereocenters. The highest BCUT2D eigenvalue weighted by Crippen LogP contribution is 2.25. The lowest BCUT2D eigenvalue weighted by molar-refractivity contribution is 0.411. The van der Waals surface area contributed by atoms with Gasteiger partial charge in [0.15, 0.2) is 11.6 Å². The summed E-state index contributed by atoms with van der Waals surface area (Å²) in [5.41, 5.74) is 2.44. The van der Waals surface area contributed by atoms with Gasteiger partial charge in [-0.2, -0.15) is 4.98 Å². The Labute approximate surface area is 98.8 Å². The predicted octanol–water partition coefficient (Wildman–Crippen LogP) is 0.520. The maximum atomic E-state index is 5.27. The second-order valence-corrected chi connectivity index (χ2v) is 3.52. The first-order chi connectivity index (χ1) is 7.81. The first-order valence-corrected chi connectivity index (χ1v) is 5.07. The van der Waals surface area contributed by atoms with Gasteiger partial charge in [0.1, 0.15) is 16.6 Å². The maximum Gasteiger partial charge on any atom is 0.213 e. The Morgan fingerprint density at radius 3 is 2.81 bits per heavy atom. The minimum absolute atomic E-state index is 0.399. The normalized spacial score (nSPS) is 10.1. The molecule has 2 heterocycles. The van der Waals surface area contributed by atoms with Crippen molar-refractivity contribution < 1.29 is 4.52 Å². The summed E-state index contributed by atoms with van der Waals surface area (Å²) in [7, 11) is 0. The minimum Gasteiger partial charge on any atom is -0.362 e. The zero-order chi connectivity index (χ0) is 11.4. The Kier molecular flexibility index (Phi) is 3.27. The standard InChI is InChI=1S/C7H8BrN7O/c8-5-6(11-2-12-7(5)14-9)10-1-4-13-3-16-15-4/h2-3H,1,9H2,(H2,10,11,12,14). The summed E-state index contributed by atoms with van der Waals surface area (Å²) in [5.74, 6) is 6.89. The molecule has 8 nitrogen and oxygen atoms in total. The van der Waals surface area contributed by atoms with Crippen molar-refractivity contribution in [2.45, 2.75) is 6.54 Å². The predicted molar refractivity (Wildman–Crippen MR) is 59.2 cm³/mol. The molecule has 0 spiro atoms. The van der Waals surface area contributed by atoms with Crippen molar-refractivity contribution in [2.24, 2.45) is 5.84 Å². The van der Waals surface area contributed by atoms with E-state index in [1.54, 1.807) is 0 Å². The number of nitrogens with zero attached hydrogens (tertiary/aromatic N) is 4. The zero-order valence-corrected chi connectivity index (χ0v) is 9.60. The van der Waals surface area contributed by atoms with Crippen LogP contribution < -0.4 is 16.6 Å². The number of hydrogen-bond acceptors (Lipinski definition) is 8. The van der Waals surface area contributed by atoms with E-state index in [0.29, 0.717) is 28.5 Å². The van der Waals surface area contributed by atoms with E-state index < -0.39 is 0 Å². The number of hydrazine groups is 1. The van der Waals surface area contributed by atoms with Gasteiger partial charge in [-0.1, -0.05) is 5.16 Å². The van der Waals surface area contributed by atoms with Crippen molar-refractivity contribution in [3.05, 3.63) is 23.0 Å². The number of halogens is 1. The monoisotopic (exact) mass is 285 g/mol. The maximum absolute atomic E-state index is 5.27. The van der Waals surface area contributed by atoms with Crippen LogP contribution in [0.1, 0.15) is 5.82 Å². The van der Waals surface area contributed by atoms with Crippen LogP contribution in [0.2, 0.25) is 0 Å². The van der Waals surface area contributed by atoms with Crippen LogP contribution >= 0.6 is 15.9 Å². The topological polar surface area (TPSA) is 115 Å². The van der Waals surface area contributed by atoms with Gasteiger partial charge >= 0.3 is 0 Å². The van der Waals surface area contributed by atoms with Crippen LogP contribution in [0.15, 0.2) is 21.7 Å². The highest BCUT2D eigenvalue weighted by atomic mass is 79.9. The van der Waals surface area contributed by atoms with Crippen LogP contribution in [0.4, 0.5) is 11.6 Å². The molecule has 0 saturated carbocycles. The quantitative estimate of drug-likeness (QED) is 0.550. The van der Waals surface area contributed by atoms with E-state index in [9.17, 15) is 0 Å². The molecule has 0 aliphatic heterocycles. The van der Waals surface area contributed by atoms with Gasteiger partial charge in [-0.15, -0.1) is 0 Å². The lowest BCUT2D eigenvalue weighted by Gasteiger charge is -2.07. The Bertz CT molecular complexity index is 460. The smallest absolute Gasteiger partial charge is 0.213 e. The number of anilines is 2. The van der Waals surface area contributed by atoms with E-state index in [2.05, 4.69) is 51.3 Å². The van der Waals surface area contributed by atoms with Crippen molar-refractivity contribution in [2.75, 3.05) is 10.7 Å². The third kappa shape index (κ3) is 2.25. The van der Waals surface area contributed by atoms with Crippen LogP contribution in [0.25, 0.3) is 0 Å². The molecule has 9 heteroatoms. The fraction of sp³-hybridized carbons (Fsp3) is 0.143. The second-order valence-electron chi connectivity index (χ2n) is 2.73. The van der Waals surface area contributed by atoms with E-state index in [1.807, 2.05) is 0 Å². The van der Waals surface area contributed by atoms with Crippen LogP contribution in [0, 0.1) is 0 Å². The summed E-state index contributed by atoms with van der Waals surface area (Å²) < 4.78 is 5.24. The summed E-state index contributed by atoms with van der Waals surface area (Å²) in [6, 6.07) is 0. The molecule has 0 radical (unpaired) electrons. The molecular formula is C7H8BrN7O. The summed E-state index contributed by atoms with van der Waals surface area (Å²) in [5, 5.41) is 6.67. The van der Waals surface area contributed by atoms with Gasteiger partial charge in [-0.3, -0.25) is 0 Å². The second kappa shape index (κ2) is 4.86. The van der Waals surface area contributed by atoms with Gasteiger partial charge in [0.2, 0.25) is 6.39 Å².